The maximum atomic E-state index is 10.4. The van der Waals surface area contributed by atoms with E-state index in [9.17, 15) is 4.79 Å². The number of hydrogen-bond donors (Lipinski definition) is 0. The molecule has 0 N–H and O–H groups in total. The van der Waals surface area contributed by atoms with Crippen LogP contribution in [-0.2, 0) is 11.2 Å². The summed E-state index contributed by atoms with van der Waals surface area (Å²) in [5, 5.41) is 0. The molecule has 0 aliphatic carbocycles. The van der Waals surface area contributed by atoms with Gasteiger partial charge in [-0.3, -0.25) is 0 Å². The third-order valence-corrected chi connectivity index (χ3v) is 2.53. The van der Waals surface area contributed by atoms with E-state index >= 15 is 0 Å². The second kappa shape index (κ2) is 6.23. The zero-order valence-corrected chi connectivity index (χ0v) is 9.40. The highest BCUT2D eigenvalue weighted by Crippen LogP contribution is 2.20. The van der Waals surface area contributed by atoms with Gasteiger partial charge in [0.25, 0.3) is 0 Å². The summed E-state index contributed by atoms with van der Waals surface area (Å²) >= 11 is 0. The van der Waals surface area contributed by atoms with Gasteiger partial charge in [0.05, 0.1) is 7.11 Å². The number of benzene rings is 1. The number of rotatable bonds is 6. The maximum absolute atomic E-state index is 10.4. The highest BCUT2D eigenvalue weighted by atomic mass is 16.5. The standard InChI is InChI=1S/C13H18O2/c1-11(10-14)6-5-8-12-7-3-4-9-13(12)15-2/h3-4,7,9-11H,5-6,8H2,1-2H3. The van der Waals surface area contributed by atoms with Crippen LogP contribution in [0.5, 0.6) is 5.75 Å². The van der Waals surface area contributed by atoms with Crippen LogP contribution >= 0.6 is 0 Å². The Morgan fingerprint density at radius 2 is 2.13 bits per heavy atom. The average molecular weight is 206 g/mol. The lowest BCUT2D eigenvalue weighted by molar-refractivity contribution is -0.110. The van der Waals surface area contributed by atoms with Crippen molar-refractivity contribution in [2.75, 3.05) is 7.11 Å². The zero-order chi connectivity index (χ0) is 11.1. The quantitative estimate of drug-likeness (QED) is 0.669. The number of hydrogen-bond acceptors (Lipinski definition) is 2. The van der Waals surface area contributed by atoms with E-state index in [-0.39, 0.29) is 5.92 Å². The van der Waals surface area contributed by atoms with Crippen LogP contribution in [0.15, 0.2) is 24.3 Å². The Morgan fingerprint density at radius 3 is 2.80 bits per heavy atom. The number of methoxy groups -OCH3 is 1. The number of ether oxygens (including phenoxy) is 1. The minimum Gasteiger partial charge on any atom is -0.496 e. The number of carbonyl (C=O) groups is 1. The molecule has 1 aromatic carbocycles. The lowest BCUT2D eigenvalue weighted by Crippen LogP contribution is -1.98. The first-order chi connectivity index (χ1) is 7.27. The number of aldehydes is 1. The van der Waals surface area contributed by atoms with Crippen molar-refractivity contribution in [1.29, 1.82) is 0 Å². The van der Waals surface area contributed by atoms with Crippen molar-refractivity contribution < 1.29 is 9.53 Å². The van der Waals surface area contributed by atoms with Gasteiger partial charge in [-0.25, -0.2) is 0 Å². The molecule has 1 unspecified atom stereocenters. The predicted molar refractivity (Wildman–Crippen MR) is 61.2 cm³/mol. The van der Waals surface area contributed by atoms with Gasteiger partial charge in [-0.15, -0.1) is 0 Å². The van der Waals surface area contributed by atoms with Crippen molar-refractivity contribution in [3.63, 3.8) is 0 Å². The summed E-state index contributed by atoms with van der Waals surface area (Å²) in [5.74, 6) is 1.11. The average Bonchev–Trinajstić information content (AvgIpc) is 2.29. The predicted octanol–water partition coefficient (Wildman–Crippen LogP) is 2.85. The Hall–Kier alpha value is -1.31. The maximum Gasteiger partial charge on any atom is 0.122 e. The Labute approximate surface area is 91.3 Å². The van der Waals surface area contributed by atoms with Crippen LogP contribution in [-0.4, -0.2) is 13.4 Å². The Kier molecular flexibility index (Phi) is 4.88. The third kappa shape index (κ3) is 3.74. The van der Waals surface area contributed by atoms with Crippen LogP contribution in [0.25, 0.3) is 0 Å². The Bertz CT molecular complexity index is 307. The summed E-state index contributed by atoms with van der Waals surface area (Å²) in [6, 6.07) is 8.03. The normalized spacial score (nSPS) is 12.1. The topological polar surface area (TPSA) is 26.3 Å². The van der Waals surface area contributed by atoms with Crippen LogP contribution in [0.4, 0.5) is 0 Å². The van der Waals surface area contributed by atoms with Gasteiger partial charge < -0.3 is 9.53 Å². The van der Waals surface area contributed by atoms with Crippen molar-refractivity contribution in [2.24, 2.45) is 5.92 Å². The molecule has 15 heavy (non-hydrogen) atoms. The minimum atomic E-state index is 0.166. The summed E-state index contributed by atoms with van der Waals surface area (Å²) in [6.07, 6.45) is 3.96. The number of aryl methyl sites for hydroxylation is 1. The highest BCUT2D eigenvalue weighted by Gasteiger charge is 2.03. The van der Waals surface area contributed by atoms with Crippen LogP contribution in [0, 0.1) is 5.92 Å². The summed E-state index contributed by atoms with van der Waals surface area (Å²) in [4.78, 5) is 10.4. The number of para-hydroxylation sites is 1. The fraction of sp³-hybridized carbons (Fsp3) is 0.462. The fourth-order valence-electron chi connectivity index (χ4n) is 1.59. The molecule has 0 radical (unpaired) electrons. The largest absolute Gasteiger partial charge is 0.496 e. The van der Waals surface area contributed by atoms with Crippen LogP contribution < -0.4 is 4.74 Å². The van der Waals surface area contributed by atoms with E-state index in [0.717, 1.165) is 31.3 Å². The molecule has 0 saturated carbocycles. The molecule has 0 spiro atoms. The van der Waals surface area contributed by atoms with E-state index in [0.29, 0.717) is 0 Å². The molecule has 82 valence electrons. The summed E-state index contributed by atoms with van der Waals surface area (Å²) < 4.78 is 5.26. The minimum absolute atomic E-state index is 0.166. The van der Waals surface area contributed by atoms with Crippen molar-refractivity contribution in [3.05, 3.63) is 29.8 Å². The summed E-state index contributed by atoms with van der Waals surface area (Å²) in [6.45, 7) is 1.95. The molecular formula is C13H18O2. The first-order valence-electron chi connectivity index (χ1n) is 5.35. The molecule has 1 aromatic rings. The van der Waals surface area contributed by atoms with E-state index < -0.39 is 0 Å². The van der Waals surface area contributed by atoms with Gasteiger partial charge in [-0.2, -0.15) is 0 Å². The molecular weight excluding hydrogens is 188 g/mol. The molecule has 0 heterocycles. The van der Waals surface area contributed by atoms with Crippen molar-refractivity contribution in [3.8, 4) is 5.75 Å². The van der Waals surface area contributed by atoms with E-state index in [4.69, 9.17) is 4.74 Å². The van der Waals surface area contributed by atoms with Crippen molar-refractivity contribution in [2.45, 2.75) is 26.2 Å². The Morgan fingerprint density at radius 1 is 1.40 bits per heavy atom. The molecule has 0 aliphatic rings. The van der Waals surface area contributed by atoms with E-state index in [1.54, 1.807) is 7.11 Å². The van der Waals surface area contributed by atoms with Crippen LogP contribution in [0.3, 0.4) is 0 Å². The third-order valence-electron chi connectivity index (χ3n) is 2.53. The van der Waals surface area contributed by atoms with E-state index in [1.807, 2.05) is 25.1 Å². The van der Waals surface area contributed by atoms with Gasteiger partial charge in [0.1, 0.15) is 12.0 Å². The monoisotopic (exact) mass is 206 g/mol. The van der Waals surface area contributed by atoms with Gasteiger partial charge in [-0.05, 0) is 30.9 Å². The molecule has 2 heteroatoms. The second-order valence-corrected chi connectivity index (χ2v) is 3.82. The van der Waals surface area contributed by atoms with Gasteiger partial charge >= 0.3 is 0 Å². The first-order valence-corrected chi connectivity index (χ1v) is 5.35. The zero-order valence-electron chi connectivity index (χ0n) is 9.40. The molecule has 0 aromatic heterocycles. The first kappa shape index (κ1) is 11.8. The molecule has 1 rings (SSSR count). The lowest BCUT2D eigenvalue weighted by atomic mass is 10.0. The Balaban J connectivity index is 2.46. The van der Waals surface area contributed by atoms with Gasteiger partial charge in [-0.1, -0.05) is 25.1 Å². The number of carbonyl (C=O) groups excluding carboxylic acids is 1. The van der Waals surface area contributed by atoms with Crippen molar-refractivity contribution in [1.82, 2.24) is 0 Å². The molecule has 0 aliphatic heterocycles. The lowest BCUT2D eigenvalue weighted by Gasteiger charge is -2.08. The summed E-state index contributed by atoms with van der Waals surface area (Å²) in [7, 11) is 1.69. The SMILES string of the molecule is COc1ccccc1CCCC(C)C=O. The van der Waals surface area contributed by atoms with E-state index in [2.05, 4.69) is 6.07 Å². The fourth-order valence-corrected chi connectivity index (χ4v) is 1.59. The van der Waals surface area contributed by atoms with Crippen LogP contribution in [0.1, 0.15) is 25.3 Å². The highest BCUT2D eigenvalue weighted by molar-refractivity contribution is 5.52. The molecule has 0 bridgehead atoms. The molecule has 2 nitrogen and oxygen atoms in total. The van der Waals surface area contributed by atoms with Crippen LogP contribution in [0.2, 0.25) is 0 Å². The summed E-state index contributed by atoms with van der Waals surface area (Å²) in [5.41, 5.74) is 1.22. The van der Waals surface area contributed by atoms with Crippen molar-refractivity contribution >= 4 is 6.29 Å². The molecule has 0 fully saturated rings. The van der Waals surface area contributed by atoms with E-state index in [1.165, 1.54) is 5.56 Å². The molecule has 1 atom stereocenters. The second-order valence-electron chi connectivity index (χ2n) is 3.82. The van der Waals surface area contributed by atoms with Gasteiger partial charge in [0.2, 0.25) is 0 Å². The smallest absolute Gasteiger partial charge is 0.122 e. The molecule has 0 saturated heterocycles. The molecule has 0 amide bonds. The van der Waals surface area contributed by atoms with Gasteiger partial charge in [0.15, 0.2) is 0 Å². The van der Waals surface area contributed by atoms with Gasteiger partial charge in [0, 0.05) is 5.92 Å².